The number of hydrogen-bond acceptors (Lipinski definition) is 2. The fourth-order valence-corrected chi connectivity index (χ4v) is 1.93. The summed E-state index contributed by atoms with van der Waals surface area (Å²) in [5.74, 6) is -2.22. The number of hydrogen-bond donors (Lipinski definition) is 2. The molecule has 0 spiro atoms. The highest BCUT2D eigenvalue weighted by molar-refractivity contribution is 5.96. The lowest BCUT2D eigenvalue weighted by molar-refractivity contribution is 0.0696. The zero-order valence-electron chi connectivity index (χ0n) is 16.7. The first kappa shape index (κ1) is 25.9. The Morgan fingerprint density at radius 1 is 1.04 bits per heavy atom. The van der Waals surface area contributed by atoms with Crippen molar-refractivity contribution >= 4 is 11.9 Å². The summed E-state index contributed by atoms with van der Waals surface area (Å²) in [7, 11) is 0. The molecule has 1 rings (SSSR count). The molecule has 1 aromatic rings. The molecule has 146 valence electrons. The molecular weight excluding hydrogens is 328 g/mol. The first-order chi connectivity index (χ1) is 12.2. The third kappa shape index (κ3) is 13.0. The van der Waals surface area contributed by atoms with Crippen molar-refractivity contribution in [1.29, 1.82) is 0 Å². The van der Waals surface area contributed by atoms with Gasteiger partial charge >= 0.3 is 11.9 Å². The van der Waals surface area contributed by atoms with Gasteiger partial charge in [-0.05, 0) is 50.8 Å². The number of allylic oxidation sites excluding steroid dienone is 2. The number of aromatic carboxylic acids is 2. The predicted molar refractivity (Wildman–Crippen MR) is 109 cm³/mol. The van der Waals surface area contributed by atoms with Crippen molar-refractivity contribution in [2.24, 2.45) is 0 Å². The lowest BCUT2D eigenvalue weighted by Gasteiger charge is -2.03. The van der Waals surface area contributed by atoms with Crippen molar-refractivity contribution < 1.29 is 19.8 Å². The number of carboxylic acids is 2. The van der Waals surface area contributed by atoms with Crippen LogP contribution < -0.4 is 0 Å². The number of rotatable bonds is 8. The Hall–Kier alpha value is -2.36. The highest BCUT2D eigenvalue weighted by Gasteiger charge is 2.13. The van der Waals surface area contributed by atoms with E-state index in [9.17, 15) is 9.59 Å². The van der Waals surface area contributed by atoms with Gasteiger partial charge in [0.15, 0.2) is 0 Å². The van der Waals surface area contributed by atoms with Crippen LogP contribution in [0.15, 0.2) is 43.0 Å². The van der Waals surface area contributed by atoms with Crippen LogP contribution >= 0.6 is 0 Å². The SMILES string of the molecule is C=C(C)CCCC.C=CCCCC.Cc1c(C(=O)O)cccc1C(=O)O. The summed E-state index contributed by atoms with van der Waals surface area (Å²) in [4.78, 5) is 21.2. The summed E-state index contributed by atoms with van der Waals surface area (Å²) in [5.41, 5.74) is 1.64. The smallest absolute Gasteiger partial charge is 0.335 e. The molecule has 4 nitrogen and oxygen atoms in total. The summed E-state index contributed by atoms with van der Waals surface area (Å²) < 4.78 is 0. The van der Waals surface area contributed by atoms with Gasteiger partial charge in [0.05, 0.1) is 11.1 Å². The quantitative estimate of drug-likeness (QED) is 0.408. The molecule has 0 radical (unpaired) electrons. The van der Waals surface area contributed by atoms with Gasteiger partial charge in [0.1, 0.15) is 0 Å². The van der Waals surface area contributed by atoms with Crippen LogP contribution in [0, 0.1) is 6.92 Å². The number of unbranched alkanes of at least 4 members (excludes halogenated alkanes) is 3. The Morgan fingerprint density at radius 2 is 1.50 bits per heavy atom. The Bertz CT molecular complexity index is 541. The highest BCUT2D eigenvalue weighted by Crippen LogP contribution is 2.13. The van der Waals surface area contributed by atoms with E-state index >= 15 is 0 Å². The highest BCUT2D eigenvalue weighted by atomic mass is 16.4. The lowest BCUT2D eigenvalue weighted by Crippen LogP contribution is -2.06. The third-order valence-corrected chi connectivity index (χ3v) is 3.51. The van der Waals surface area contributed by atoms with Crippen LogP contribution in [0.25, 0.3) is 0 Å². The summed E-state index contributed by atoms with van der Waals surface area (Å²) in [6, 6.07) is 4.17. The summed E-state index contributed by atoms with van der Waals surface area (Å²) in [5, 5.41) is 17.4. The Labute approximate surface area is 158 Å². The van der Waals surface area contributed by atoms with Gasteiger partial charge in [-0.3, -0.25) is 0 Å². The topological polar surface area (TPSA) is 74.6 Å². The van der Waals surface area contributed by atoms with Gasteiger partial charge in [-0.2, -0.15) is 0 Å². The molecule has 0 saturated heterocycles. The van der Waals surface area contributed by atoms with Crippen LogP contribution in [0.2, 0.25) is 0 Å². The molecule has 0 aromatic heterocycles. The van der Waals surface area contributed by atoms with Gasteiger partial charge in [-0.1, -0.05) is 50.8 Å². The summed E-state index contributed by atoms with van der Waals surface area (Å²) in [6.45, 7) is 15.3. The summed E-state index contributed by atoms with van der Waals surface area (Å²) >= 11 is 0. The van der Waals surface area contributed by atoms with E-state index in [0.717, 1.165) is 0 Å². The van der Waals surface area contributed by atoms with E-state index in [4.69, 9.17) is 10.2 Å². The van der Waals surface area contributed by atoms with Crippen molar-refractivity contribution in [3.05, 3.63) is 59.7 Å². The normalized spacial score (nSPS) is 9.08. The first-order valence-electron chi connectivity index (χ1n) is 9.04. The van der Waals surface area contributed by atoms with Crippen molar-refractivity contribution in [1.82, 2.24) is 0 Å². The van der Waals surface area contributed by atoms with E-state index in [-0.39, 0.29) is 16.7 Å². The van der Waals surface area contributed by atoms with E-state index in [1.54, 1.807) is 0 Å². The standard InChI is InChI=1S/C9H8O4.C7H14.C6H12/c1-5-6(8(10)11)3-2-4-7(5)9(12)13;1-4-5-6-7(2)3;1-3-5-6-4-2/h2-4H,1H3,(H,10,11)(H,12,13);2,4-6H2,1,3H3;3H,1,4-6H2,2H3. The van der Waals surface area contributed by atoms with Crippen molar-refractivity contribution in [3.63, 3.8) is 0 Å². The van der Waals surface area contributed by atoms with Gasteiger partial charge < -0.3 is 10.2 Å². The minimum absolute atomic E-state index is 0.0277. The Morgan fingerprint density at radius 3 is 1.73 bits per heavy atom. The summed E-state index contributed by atoms with van der Waals surface area (Å²) in [6.07, 6.45) is 9.51. The van der Waals surface area contributed by atoms with Crippen LogP contribution in [-0.4, -0.2) is 22.2 Å². The van der Waals surface area contributed by atoms with E-state index < -0.39 is 11.9 Å². The fraction of sp³-hybridized carbons (Fsp3) is 0.455. The van der Waals surface area contributed by atoms with Crippen LogP contribution in [0.5, 0.6) is 0 Å². The number of benzene rings is 1. The maximum absolute atomic E-state index is 10.6. The van der Waals surface area contributed by atoms with Crippen molar-refractivity contribution in [2.45, 2.75) is 66.2 Å². The molecule has 0 atom stereocenters. The van der Waals surface area contributed by atoms with E-state index in [2.05, 4.69) is 33.9 Å². The van der Waals surface area contributed by atoms with Crippen LogP contribution in [-0.2, 0) is 0 Å². The molecule has 0 amide bonds. The van der Waals surface area contributed by atoms with E-state index in [1.807, 2.05) is 6.08 Å². The minimum atomic E-state index is -1.11. The molecule has 0 aliphatic rings. The second-order valence-corrected chi connectivity index (χ2v) is 6.08. The molecule has 0 saturated carbocycles. The number of carboxylic acid groups (broad SMARTS) is 2. The Balaban J connectivity index is 0. The molecule has 2 N–H and O–H groups in total. The van der Waals surface area contributed by atoms with Crippen LogP contribution in [0.3, 0.4) is 0 Å². The molecule has 0 aliphatic heterocycles. The molecule has 26 heavy (non-hydrogen) atoms. The molecule has 0 heterocycles. The minimum Gasteiger partial charge on any atom is -0.478 e. The van der Waals surface area contributed by atoms with E-state index in [1.165, 1.54) is 69.2 Å². The second-order valence-electron chi connectivity index (χ2n) is 6.08. The van der Waals surface area contributed by atoms with Gasteiger partial charge in [-0.15, -0.1) is 13.2 Å². The molecule has 4 heteroatoms. The molecule has 0 bridgehead atoms. The third-order valence-electron chi connectivity index (χ3n) is 3.51. The molecule has 0 unspecified atom stereocenters. The van der Waals surface area contributed by atoms with E-state index in [0.29, 0.717) is 0 Å². The first-order valence-corrected chi connectivity index (χ1v) is 9.04. The lowest BCUT2D eigenvalue weighted by atomic mass is 10.0. The zero-order valence-corrected chi connectivity index (χ0v) is 16.7. The maximum Gasteiger partial charge on any atom is 0.335 e. The molecular formula is C22H34O4. The number of carbonyl (C=O) groups is 2. The monoisotopic (exact) mass is 362 g/mol. The molecule has 1 aromatic carbocycles. The van der Waals surface area contributed by atoms with Crippen molar-refractivity contribution in [3.8, 4) is 0 Å². The Kier molecular flexibility index (Phi) is 16.0. The second kappa shape index (κ2) is 16.1. The van der Waals surface area contributed by atoms with Gasteiger partial charge in [0, 0.05) is 0 Å². The van der Waals surface area contributed by atoms with Gasteiger partial charge in [-0.25, -0.2) is 9.59 Å². The van der Waals surface area contributed by atoms with Crippen LogP contribution in [0.1, 0.15) is 85.6 Å². The average Bonchev–Trinajstić information content (AvgIpc) is 2.58. The predicted octanol–water partition coefficient (Wildman–Crippen LogP) is 6.51. The van der Waals surface area contributed by atoms with Crippen molar-refractivity contribution in [2.75, 3.05) is 0 Å². The van der Waals surface area contributed by atoms with Gasteiger partial charge in [0.25, 0.3) is 0 Å². The van der Waals surface area contributed by atoms with Crippen LogP contribution in [0.4, 0.5) is 0 Å². The van der Waals surface area contributed by atoms with Gasteiger partial charge in [0.2, 0.25) is 0 Å². The zero-order chi connectivity index (χ0) is 20.5. The molecule has 0 aliphatic carbocycles. The largest absolute Gasteiger partial charge is 0.478 e. The maximum atomic E-state index is 10.6. The molecule has 0 fully saturated rings. The fourth-order valence-electron chi connectivity index (χ4n) is 1.93. The average molecular weight is 363 g/mol.